The zero-order valence-electron chi connectivity index (χ0n) is 18.6. The number of hydrogen-bond acceptors (Lipinski definition) is 1. The zero-order valence-corrected chi connectivity index (χ0v) is 18.6. The molecule has 1 unspecified atom stereocenters. The van der Waals surface area contributed by atoms with Gasteiger partial charge < -0.3 is 4.74 Å². The molecule has 3 heteroatoms. The Hall–Kier alpha value is -2.94. The lowest BCUT2D eigenvalue weighted by molar-refractivity contribution is 0.306. The number of benzene rings is 3. The van der Waals surface area contributed by atoms with Gasteiger partial charge in [0, 0.05) is 5.56 Å². The smallest absolute Gasteiger partial charge is 0.166 e. The quantitative estimate of drug-likeness (QED) is 0.324. The van der Waals surface area contributed by atoms with Crippen molar-refractivity contribution in [1.82, 2.24) is 0 Å². The molecular weight excluding hydrogens is 402 g/mol. The fourth-order valence-electron chi connectivity index (χ4n) is 4.37. The van der Waals surface area contributed by atoms with Gasteiger partial charge in [-0.05, 0) is 72.1 Å². The summed E-state index contributed by atoms with van der Waals surface area (Å²) < 4.78 is 33.5. The van der Waals surface area contributed by atoms with Crippen LogP contribution in [0.3, 0.4) is 0 Å². The molecule has 1 aliphatic carbocycles. The molecular formula is C29H30F2O. The van der Waals surface area contributed by atoms with Crippen LogP contribution < -0.4 is 4.74 Å². The number of ether oxygens (including phenoxy) is 1. The lowest BCUT2D eigenvalue weighted by atomic mass is 9.82. The normalized spacial score (nSPS) is 16.0. The van der Waals surface area contributed by atoms with Crippen LogP contribution in [0.1, 0.15) is 62.5 Å². The van der Waals surface area contributed by atoms with E-state index in [1.54, 1.807) is 12.1 Å². The van der Waals surface area contributed by atoms with Gasteiger partial charge in [-0.15, -0.1) is 0 Å². The average molecular weight is 433 g/mol. The van der Waals surface area contributed by atoms with Gasteiger partial charge in [-0.1, -0.05) is 74.4 Å². The first kappa shape index (κ1) is 22.3. The van der Waals surface area contributed by atoms with Crippen molar-refractivity contribution in [1.29, 1.82) is 0 Å². The molecule has 1 nitrogen and oxygen atoms in total. The zero-order chi connectivity index (χ0) is 22.3. The fraction of sp³-hybridized carbons (Fsp3) is 0.310. The summed E-state index contributed by atoms with van der Waals surface area (Å²) in [5, 5.41) is 0. The third-order valence-corrected chi connectivity index (χ3v) is 6.29. The molecule has 0 N–H and O–H groups in total. The Morgan fingerprint density at radius 2 is 1.59 bits per heavy atom. The second-order valence-electron chi connectivity index (χ2n) is 8.50. The van der Waals surface area contributed by atoms with Crippen molar-refractivity contribution in [2.45, 2.75) is 51.4 Å². The van der Waals surface area contributed by atoms with E-state index in [2.05, 4.69) is 49.4 Å². The van der Waals surface area contributed by atoms with Crippen molar-refractivity contribution in [3.63, 3.8) is 0 Å². The van der Waals surface area contributed by atoms with Gasteiger partial charge in [-0.3, -0.25) is 0 Å². The molecule has 32 heavy (non-hydrogen) atoms. The van der Waals surface area contributed by atoms with Crippen LogP contribution in [0.5, 0.6) is 5.75 Å². The van der Waals surface area contributed by atoms with Crippen molar-refractivity contribution in [2.24, 2.45) is 0 Å². The van der Waals surface area contributed by atoms with E-state index >= 15 is 0 Å². The standard InChI is InChI=1S/C29H30F2O/c1-2-3-4-20-32-26-18-16-24(17-19-26)22-10-8-21(9-11-22)23-12-14-25(15-13-23)27-6-5-7-28(30)29(27)31/h5-11,14,16-19,23H,2-4,12-13,15,20H2,1H3. The predicted molar refractivity (Wildman–Crippen MR) is 128 cm³/mol. The van der Waals surface area contributed by atoms with E-state index in [9.17, 15) is 8.78 Å². The highest BCUT2D eigenvalue weighted by atomic mass is 19.2. The Balaban J connectivity index is 1.38. The Morgan fingerprint density at radius 1 is 0.875 bits per heavy atom. The van der Waals surface area contributed by atoms with Gasteiger partial charge in [-0.25, -0.2) is 8.78 Å². The van der Waals surface area contributed by atoms with Gasteiger partial charge >= 0.3 is 0 Å². The molecule has 1 aliphatic rings. The highest BCUT2D eigenvalue weighted by Crippen LogP contribution is 2.37. The van der Waals surface area contributed by atoms with Crippen LogP contribution in [0, 0.1) is 11.6 Å². The second kappa shape index (κ2) is 10.6. The summed E-state index contributed by atoms with van der Waals surface area (Å²) in [6.45, 7) is 2.96. The Kier molecular flexibility index (Phi) is 7.36. The molecule has 3 aromatic rings. The van der Waals surface area contributed by atoms with Gasteiger partial charge in [-0.2, -0.15) is 0 Å². The van der Waals surface area contributed by atoms with Crippen LogP contribution >= 0.6 is 0 Å². The minimum atomic E-state index is -0.780. The third kappa shape index (κ3) is 5.27. The molecule has 0 radical (unpaired) electrons. The number of unbranched alkanes of at least 4 members (excludes halogenated alkanes) is 2. The van der Waals surface area contributed by atoms with E-state index < -0.39 is 11.6 Å². The first-order valence-corrected chi connectivity index (χ1v) is 11.6. The fourth-order valence-corrected chi connectivity index (χ4v) is 4.37. The maximum atomic E-state index is 14.1. The summed E-state index contributed by atoms with van der Waals surface area (Å²) >= 11 is 0. The van der Waals surface area contributed by atoms with Gasteiger partial charge in [0.2, 0.25) is 0 Å². The average Bonchev–Trinajstić information content (AvgIpc) is 2.84. The van der Waals surface area contributed by atoms with E-state index in [4.69, 9.17) is 4.74 Å². The lowest BCUT2D eigenvalue weighted by Gasteiger charge is -2.23. The summed E-state index contributed by atoms with van der Waals surface area (Å²) in [7, 11) is 0. The number of rotatable bonds is 8. The van der Waals surface area contributed by atoms with E-state index in [0.29, 0.717) is 11.5 Å². The second-order valence-corrected chi connectivity index (χ2v) is 8.50. The highest BCUT2D eigenvalue weighted by Gasteiger charge is 2.20. The summed E-state index contributed by atoms with van der Waals surface area (Å²) in [6.07, 6.45) is 8.09. The van der Waals surface area contributed by atoms with Crippen LogP contribution in [0.4, 0.5) is 8.78 Å². The molecule has 0 heterocycles. The van der Waals surface area contributed by atoms with Crippen molar-refractivity contribution in [3.05, 3.63) is 95.6 Å². The summed E-state index contributed by atoms with van der Waals surface area (Å²) in [5.74, 6) is -0.194. The molecule has 0 saturated carbocycles. The molecule has 4 rings (SSSR count). The first-order valence-electron chi connectivity index (χ1n) is 11.6. The van der Waals surface area contributed by atoms with Gasteiger partial charge in [0.25, 0.3) is 0 Å². The largest absolute Gasteiger partial charge is 0.494 e. The number of hydrogen-bond donors (Lipinski definition) is 0. The van der Waals surface area contributed by atoms with E-state index in [0.717, 1.165) is 43.6 Å². The number of allylic oxidation sites excluding steroid dienone is 2. The highest BCUT2D eigenvalue weighted by molar-refractivity contribution is 5.68. The van der Waals surface area contributed by atoms with Gasteiger partial charge in [0.1, 0.15) is 5.75 Å². The van der Waals surface area contributed by atoms with E-state index in [1.807, 2.05) is 12.1 Å². The van der Waals surface area contributed by atoms with Crippen LogP contribution in [0.15, 0.2) is 72.8 Å². The minimum absolute atomic E-state index is 0.400. The Morgan fingerprint density at radius 3 is 2.25 bits per heavy atom. The molecule has 0 bridgehead atoms. The SMILES string of the molecule is CCCCCOc1ccc(-c2ccc(C3CC=C(c4cccc(F)c4F)CC3)cc2)cc1. The number of halogens is 2. The molecule has 166 valence electrons. The molecule has 1 atom stereocenters. The van der Waals surface area contributed by atoms with Gasteiger partial charge in [0.05, 0.1) is 6.61 Å². The summed E-state index contributed by atoms with van der Waals surface area (Å²) in [6, 6.07) is 21.4. The molecule has 0 fully saturated rings. The lowest BCUT2D eigenvalue weighted by Crippen LogP contribution is -2.05. The van der Waals surface area contributed by atoms with Crippen LogP contribution in [-0.2, 0) is 0 Å². The van der Waals surface area contributed by atoms with Crippen LogP contribution in [0.2, 0.25) is 0 Å². The Bertz CT molecular complexity index is 1050. The summed E-state index contributed by atoms with van der Waals surface area (Å²) in [5.41, 5.74) is 4.95. The maximum absolute atomic E-state index is 14.1. The molecule has 0 spiro atoms. The molecule has 0 aromatic heterocycles. The predicted octanol–water partition coefficient (Wildman–Crippen LogP) is 8.55. The Labute approximate surface area is 189 Å². The third-order valence-electron chi connectivity index (χ3n) is 6.29. The van der Waals surface area contributed by atoms with E-state index in [1.165, 1.54) is 35.6 Å². The molecule has 0 amide bonds. The van der Waals surface area contributed by atoms with Crippen LogP contribution in [-0.4, -0.2) is 6.61 Å². The monoisotopic (exact) mass is 432 g/mol. The molecule has 3 aromatic carbocycles. The maximum Gasteiger partial charge on any atom is 0.166 e. The topological polar surface area (TPSA) is 9.23 Å². The first-order chi connectivity index (χ1) is 15.7. The van der Waals surface area contributed by atoms with Crippen molar-refractivity contribution in [2.75, 3.05) is 6.61 Å². The molecule has 0 saturated heterocycles. The van der Waals surface area contributed by atoms with Crippen molar-refractivity contribution < 1.29 is 13.5 Å². The minimum Gasteiger partial charge on any atom is -0.494 e. The van der Waals surface area contributed by atoms with Crippen molar-refractivity contribution >= 4 is 5.57 Å². The van der Waals surface area contributed by atoms with Crippen molar-refractivity contribution in [3.8, 4) is 16.9 Å². The van der Waals surface area contributed by atoms with Gasteiger partial charge in [0.15, 0.2) is 11.6 Å². The van der Waals surface area contributed by atoms with Crippen LogP contribution in [0.25, 0.3) is 16.7 Å². The van der Waals surface area contributed by atoms with E-state index in [-0.39, 0.29) is 0 Å². The molecule has 0 aliphatic heterocycles. The summed E-state index contributed by atoms with van der Waals surface area (Å²) in [4.78, 5) is 0.